The molecule has 82 valence electrons. The third-order valence-corrected chi connectivity index (χ3v) is 2.06. The van der Waals surface area contributed by atoms with Crippen LogP contribution in [-0.4, -0.2) is 23.2 Å². The number of furan rings is 1. The Labute approximate surface area is 91.3 Å². The third-order valence-electron chi connectivity index (χ3n) is 2.06. The monoisotopic (exact) mass is 219 g/mol. The summed E-state index contributed by atoms with van der Waals surface area (Å²) in [6.45, 7) is 0. The first-order valence-electron chi connectivity index (χ1n) is 4.53. The van der Waals surface area contributed by atoms with E-state index in [0.717, 1.165) is 0 Å². The topological polar surface area (TPSA) is 72.6 Å². The molecular weight excluding hydrogens is 210 g/mol. The molecule has 0 bridgehead atoms. The highest BCUT2D eigenvalue weighted by Crippen LogP contribution is 2.24. The van der Waals surface area contributed by atoms with Gasteiger partial charge in [0.25, 0.3) is 0 Å². The highest BCUT2D eigenvalue weighted by atomic mass is 16.5. The zero-order valence-corrected chi connectivity index (χ0v) is 8.51. The zero-order valence-electron chi connectivity index (χ0n) is 8.51. The summed E-state index contributed by atoms with van der Waals surface area (Å²) in [5.41, 5.74) is 0.480. The molecule has 2 aromatic rings. The fourth-order valence-corrected chi connectivity index (χ4v) is 1.27. The van der Waals surface area contributed by atoms with Crippen LogP contribution in [-0.2, 0) is 4.74 Å². The standard InChI is InChI=1S/C11H9NO4/c1-15-11(14)7-6-12-8(5-9(7)13)10-3-2-4-16-10/h2-6H,1H3,(H,12,13). The quantitative estimate of drug-likeness (QED) is 0.780. The summed E-state index contributed by atoms with van der Waals surface area (Å²) in [5, 5.41) is 9.61. The van der Waals surface area contributed by atoms with Crippen LogP contribution in [0.25, 0.3) is 11.5 Å². The molecule has 1 N–H and O–H groups in total. The zero-order chi connectivity index (χ0) is 11.5. The van der Waals surface area contributed by atoms with Crippen LogP contribution >= 0.6 is 0 Å². The Morgan fingerprint density at radius 1 is 1.56 bits per heavy atom. The number of aromatic nitrogens is 1. The van der Waals surface area contributed by atoms with E-state index >= 15 is 0 Å². The second kappa shape index (κ2) is 4.06. The van der Waals surface area contributed by atoms with Gasteiger partial charge in [-0.05, 0) is 12.1 Å². The molecule has 0 saturated carbocycles. The molecule has 16 heavy (non-hydrogen) atoms. The maximum atomic E-state index is 11.2. The lowest BCUT2D eigenvalue weighted by molar-refractivity contribution is 0.0597. The summed E-state index contributed by atoms with van der Waals surface area (Å²) in [4.78, 5) is 15.2. The largest absolute Gasteiger partial charge is 0.507 e. The van der Waals surface area contributed by atoms with E-state index < -0.39 is 5.97 Å². The molecule has 0 aliphatic carbocycles. The van der Waals surface area contributed by atoms with Gasteiger partial charge in [-0.3, -0.25) is 4.98 Å². The second-order valence-corrected chi connectivity index (χ2v) is 3.06. The molecule has 2 aromatic heterocycles. The van der Waals surface area contributed by atoms with Gasteiger partial charge >= 0.3 is 5.97 Å². The number of methoxy groups -OCH3 is 1. The predicted octanol–water partition coefficient (Wildman–Crippen LogP) is 1.83. The van der Waals surface area contributed by atoms with E-state index in [0.29, 0.717) is 11.5 Å². The Kier molecular flexibility index (Phi) is 2.59. The molecule has 0 radical (unpaired) electrons. The number of ether oxygens (including phenoxy) is 1. The maximum Gasteiger partial charge on any atom is 0.343 e. The Hall–Kier alpha value is -2.30. The van der Waals surface area contributed by atoms with Crippen LogP contribution in [0.5, 0.6) is 5.75 Å². The van der Waals surface area contributed by atoms with Gasteiger partial charge in [-0.2, -0.15) is 0 Å². The summed E-state index contributed by atoms with van der Waals surface area (Å²) in [6.07, 6.45) is 2.75. The third kappa shape index (κ3) is 1.75. The van der Waals surface area contributed by atoms with Crippen molar-refractivity contribution in [2.24, 2.45) is 0 Å². The fourth-order valence-electron chi connectivity index (χ4n) is 1.27. The first kappa shape index (κ1) is 10.2. The number of nitrogens with zero attached hydrogens (tertiary/aromatic N) is 1. The van der Waals surface area contributed by atoms with Crippen molar-refractivity contribution in [3.05, 3.63) is 36.2 Å². The molecular formula is C11H9NO4. The molecule has 2 heterocycles. The lowest BCUT2D eigenvalue weighted by Crippen LogP contribution is -2.02. The van der Waals surface area contributed by atoms with Crippen molar-refractivity contribution in [3.63, 3.8) is 0 Å². The van der Waals surface area contributed by atoms with Crippen LogP contribution in [0.1, 0.15) is 10.4 Å². The lowest BCUT2D eigenvalue weighted by atomic mass is 10.2. The van der Waals surface area contributed by atoms with Gasteiger partial charge in [0.2, 0.25) is 0 Å². The number of rotatable bonds is 2. The van der Waals surface area contributed by atoms with Crippen molar-refractivity contribution in [2.75, 3.05) is 7.11 Å². The molecule has 0 aliphatic rings. The van der Waals surface area contributed by atoms with Gasteiger partial charge in [0.15, 0.2) is 5.76 Å². The van der Waals surface area contributed by atoms with Crippen molar-refractivity contribution < 1.29 is 19.1 Å². The number of carbonyl (C=O) groups is 1. The molecule has 5 heteroatoms. The Balaban J connectivity index is 2.41. The minimum Gasteiger partial charge on any atom is -0.507 e. The molecule has 2 rings (SSSR count). The van der Waals surface area contributed by atoms with Crippen molar-refractivity contribution in [1.29, 1.82) is 0 Å². The normalized spacial score (nSPS) is 10.1. The van der Waals surface area contributed by atoms with Crippen LogP contribution in [0.4, 0.5) is 0 Å². The molecule has 0 unspecified atom stereocenters. The van der Waals surface area contributed by atoms with Crippen LogP contribution in [0.3, 0.4) is 0 Å². The minimum atomic E-state index is -0.629. The van der Waals surface area contributed by atoms with E-state index in [1.54, 1.807) is 12.1 Å². The first-order valence-corrected chi connectivity index (χ1v) is 4.53. The number of hydrogen-bond donors (Lipinski definition) is 1. The van der Waals surface area contributed by atoms with Gasteiger partial charge in [0.05, 0.1) is 13.4 Å². The summed E-state index contributed by atoms with van der Waals surface area (Å²) in [5.74, 6) is -0.295. The number of aromatic hydroxyl groups is 1. The fraction of sp³-hybridized carbons (Fsp3) is 0.0909. The molecule has 0 aromatic carbocycles. The van der Waals surface area contributed by atoms with Crippen molar-refractivity contribution in [1.82, 2.24) is 4.98 Å². The Bertz CT molecular complexity index is 505. The molecule has 0 fully saturated rings. The number of hydrogen-bond acceptors (Lipinski definition) is 5. The summed E-state index contributed by atoms with van der Waals surface area (Å²) in [6, 6.07) is 4.77. The predicted molar refractivity (Wildman–Crippen MR) is 54.9 cm³/mol. The molecule has 0 atom stereocenters. The van der Waals surface area contributed by atoms with Gasteiger partial charge in [-0.15, -0.1) is 0 Å². The lowest BCUT2D eigenvalue weighted by Gasteiger charge is -2.03. The van der Waals surface area contributed by atoms with E-state index in [-0.39, 0.29) is 11.3 Å². The molecule has 0 amide bonds. The molecule has 0 aliphatic heterocycles. The average Bonchev–Trinajstić information content (AvgIpc) is 2.81. The van der Waals surface area contributed by atoms with E-state index in [2.05, 4.69) is 9.72 Å². The van der Waals surface area contributed by atoms with Crippen molar-refractivity contribution in [2.45, 2.75) is 0 Å². The van der Waals surface area contributed by atoms with Crippen LogP contribution < -0.4 is 0 Å². The van der Waals surface area contributed by atoms with Gasteiger partial charge in [-0.1, -0.05) is 0 Å². The average molecular weight is 219 g/mol. The maximum absolute atomic E-state index is 11.2. The summed E-state index contributed by atoms with van der Waals surface area (Å²) >= 11 is 0. The van der Waals surface area contributed by atoms with Gasteiger partial charge < -0.3 is 14.3 Å². The van der Waals surface area contributed by atoms with Crippen LogP contribution in [0.2, 0.25) is 0 Å². The van der Waals surface area contributed by atoms with Gasteiger partial charge in [-0.25, -0.2) is 4.79 Å². The van der Waals surface area contributed by atoms with E-state index in [4.69, 9.17) is 4.42 Å². The number of carbonyl (C=O) groups excluding carboxylic acids is 1. The smallest absolute Gasteiger partial charge is 0.343 e. The molecule has 0 saturated heterocycles. The summed E-state index contributed by atoms with van der Waals surface area (Å²) < 4.78 is 9.60. The van der Waals surface area contributed by atoms with E-state index in [1.165, 1.54) is 25.6 Å². The number of pyridine rings is 1. The van der Waals surface area contributed by atoms with Crippen LogP contribution in [0, 0.1) is 0 Å². The highest BCUT2D eigenvalue weighted by molar-refractivity contribution is 5.92. The highest BCUT2D eigenvalue weighted by Gasteiger charge is 2.14. The minimum absolute atomic E-state index is 0.0257. The van der Waals surface area contributed by atoms with E-state index in [9.17, 15) is 9.90 Å². The molecule has 0 spiro atoms. The van der Waals surface area contributed by atoms with E-state index in [1.807, 2.05) is 0 Å². The number of esters is 1. The Morgan fingerprint density at radius 3 is 2.94 bits per heavy atom. The summed E-state index contributed by atoms with van der Waals surface area (Å²) in [7, 11) is 1.24. The second-order valence-electron chi connectivity index (χ2n) is 3.06. The SMILES string of the molecule is COC(=O)c1cnc(-c2ccco2)cc1O. The molecule has 5 nitrogen and oxygen atoms in total. The first-order chi connectivity index (χ1) is 7.72. The van der Waals surface area contributed by atoms with Crippen molar-refractivity contribution in [3.8, 4) is 17.2 Å². The Morgan fingerprint density at radius 2 is 2.38 bits per heavy atom. The van der Waals surface area contributed by atoms with Crippen LogP contribution in [0.15, 0.2) is 35.1 Å². The van der Waals surface area contributed by atoms with Gasteiger partial charge in [0.1, 0.15) is 17.0 Å². The van der Waals surface area contributed by atoms with Crippen molar-refractivity contribution >= 4 is 5.97 Å². The van der Waals surface area contributed by atoms with Gasteiger partial charge in [0, 0.05) is 12.3 Å².